The number of nitro benzene ring substituents is 1. The second-order valence-electron chi connectivity index (χ2n) is 7.02. The van der Waals surface area contributed by atoms with E-state index in [1.54, 1.807) is 47.0 Å². The molecule has 3 aromatic carbocycles. The predicted molar refractivity (Wildman–Crippen MR) is 133 cm³/mol. The van der Waals surface area contributed by atoms with E-state index in [0.29, 0.717) is 11.5 Å². The van der Waals surface area contributed by atoms with Crippen LogP contribution < -0.4 is 0 Å². The highest BCUT2D eigenvalue weighted by Gasteiger charge is 2.16. The molecular weight excluding hydrogens is 474 g/mol. The fourth-order valence-corrected chi connectivity index (χ4v) is 6.13. The number of fused-ring (bicyclic) bond motifs is 1. The fourth-order valence-electron chi connectivity index (χ4n) is 3.22. The Morgan fingerprint density at radius 3 is 2.39 bits per heavy atom. The van der Waals surface area contributed by atoms with Crippen molar-refractivity contribution in [1.29, 1.82) is 0 Å². The van der Waals surface area contributed by atoms with Gasteiger partial charge in [-0.15, -0.1) is 21.5 Å². The molecule has 0 aliphatic heterocycles. The molecule has 164 valence electrons. The van der Waals surface area contributed by atoms with Crippen molar-refractivity contribution in [3.05, 3.63) is 100 Å². The summed E-state index contributed by atoms with van der Waals surface area (Å²) >= 11 is 4.88. The Labute approximate surface area is 202 Å². The van der Waals surface area contributed by atoms with E-state index in [4.69, 9.17) is 4.98 Å². The molecule has 0 aliphatic carbocycles. The maximum absolute atomic E-state index is 10.9. The molecule has 5 rings (SSSR count). The minimum atomic E-state index is -0.391. The monoisotopic (exact) mass is 491 g/mol. The number of rotatable bonds is 8. The van der Waals surface area contributed by atoms with E-state index in [-0.39, 0.29) is 5.69 Å². The number of nitro groups is 1. The number of thioether (sulfide) groups is 2. The van der Waals surface area contributed by atoms with E-state index >= 15 is 0 Å². The second-order valence-corrected chi connectivity index (χ2v) is 10.2. The maximum atomic E-state index is 10.9. The summed E-state index contributed by atoms with van der Waals surface area (Å²) in [7, 11) is 0. The zero-order valence-electron chi connectivity index (χ0n) is 17.2. The van der Waals surface area contributed by atoms with Crippen LogP contribution in [0.4, 0.5) is 5.69 Å². The van der Waals surface area contributed by atoms with E-state index in [1.165, 1.54) is 16.8 Å². The standard InChI is InChI=1S/C23H17N5O2S3/c29-28(30)18-12-10-16(11-13-18)14-31-22-26-25-21(27(22)17-6-2-1-3-7-17)15-32-23-24-19-8-4-5-9-20(19)33-23/h1-13H,14-15H2. The van der Waals surface area contributed by atoms with Crippen molar-refractivity contribution in [2.45, 2.75) is 21.0 Å². The van der Waals surface area contributed by atoms with Crippen LogP contribution in [0.25, 0.3) is 15.9 Å². The van der Waals surface area contributed by atoms with Crippen molar-refractivity contribution in [3.63, 3.8) is 0 Å². The van der Waals surface area contributed by atoms with Gasteiger partial charge in [0.25, 0.3) is 5.69 Å². The van der Waals surface area contributed by atoms with Gasteiger partial charge in [0.1, 0.15) is 5.82 Å². The van der Waals surface area contributed by atoms with E-state index in [9.17, 15) is 10.1 Å². The predicted octanol–water partition coefficient (Wildman–Crippen LogP) is 6.37. The summed E-state index contributed by atoms with van der Waals surface area (Å²) < 4.78 is 4.24. The smallest absolute Gasteiger partial charge is 0.269 e. The normalized spacial score (nSPS) is 11.2. The van der Waals surface area contributed by atoms with Crippen LogP contribution in [0.2, 0.25) is 0 Å². The third-order valence-electron chi connectivity index (χ3n) is 4.83. The Balaban J connectivity index is 1.37. The SMILES string of the molecule is O=[N+]([O-])c1ccc(CSc2nnc(CSc3nc4ccccc4s3)n2-c2ccccc2)cc1. The molecule has 2 heterocycles. The van der Waals surface area contributed by atoms with E-state index in [2.05, 4.69) is 20.8 Å². The molecule has 0 saturated heterocycles. The highest BCUT2D eigenvalue weighted by Crippen LogP contribution is 2.33. The molecule has 0 bridgehead atoms. The van der Waals surface area contributed by atoms with Gasteiger partial charge in [-0.25, -0.2) is 4.98 Å². The van der Waals surface area contributed by atoms with Gasteiger partial charge >= 0.3 is 0 Å². The molecule has 0 fully saturated rings. The summed E-state index contributed by atoms with van der Waals surface area (Å²) in [6.07, 6.45) is 0. The lowest BCUT2D eigenvalue weighted by Crippen LogP contribution is -2.01. The first kappa shape index (κ1) is 21.6. The molecule has 0 saturated carbocycles. The van der Waals surface area contributed by atoms with Gasteiger partial charge in [-0.3, -0.25) is 14.7 Å². The van der Waals surface area contributed by atoms with Gasteiger partial charge in [-0.2, -0.15) is 0 Å². The van der Waals surface area contributed by atoms with Crippen molar-refractivity contribution >= 4 is 50.8 Å². The zero-order chi connectivity index (χ0) is 22.6. The second kappa shape index (κ2) is 9.74. The minimum Gasteiger partial charge on any atom is -0.273 e. The van der Waals surface area contributed by atoms with Crippen molar-refractivity contribution in [2.75, 3.05) is 0 Å². The Bertz CT molecular complexity index is 1370. The lowest BCUT2D eigenvalue weighted by Gasteiger charge is -2.09. The number of para-hydroxylation sites is 2. The average Bonchev–Trinajstić information content (AvgIpc) is 3.45. The highest BCUT2D eigenvalue weighted by atomic mass is 32.2. The summed E-state index contributed by atoms with van der Waals surface area (Å²) in [4.78, 5) is 15.2. The number of aromatic nitrogens is 4. The largest absolute Gasteiger partial charge is 0.273 e. The van der Waals surface area contributed by atoms with Crippen LogP contribution in [-0.2, 0) is 11.5 Å². The van der Waals surface area contributed by atoms with Gasteiger partial charge < -0.3 is 0 Å². The van der Waals surface area contributed by atoms with Crippen LogP contribution >= 0.6 is 34.9 Å². The van der Waals surface area contributed by atoms with Crippen molar-refractivity contribution in [3.8, 4) is 5.69 Å². The van der Waals surface area contributed by atoms with Gasteiger partial charge in [0.15, 0.2) is 9.50 Å². The first-order valence-corrected chi connectivity index (χ1v) is 12.8. The quantitative estimate of drug-likeness (QED) is 0.142. The van der Waals surface area contributed by atoms with Crippen LogP contribution in [-0.4, -0.2) is 24.7 Å². The summed E-state index contributed by atoms with van der Waals surface area (Å²) in [5, 5.41) is 20.6. The molecule has 5 aromatic rings. The molecule has 0 radical (unpaired) electrons. The van der Waals surface area contributed by atoms with Crippen molar-refractivity contribution in [1.82, 2.24) is 19.7 Å². The Morgan fingerprint density at radius 2 is 1.64 bits per heavy atom. The first-order valence-electron chi connectivity index (χ1n) is 10.0. The zero-order valence-corrected chi connectivity index (χ0v) is 19.6. The highest BCUT2D eigenvalue weighted by molar-refractivity contribution is 8.00. The van der Waals surface area contributed by atoms with Crippen LogP contribution in [0.3, 0.4) is 0 Å². The molecule has 0 N–H and O–H groups in total. The van der Waals surface area contributed by atoms with Crippen LogP contribution in [0.5, 0.6) is 0 Å². The molecule has 10 heteroatoms. The van der Waals surface area contributed by atoms with Gasteiger partial charge in [-0.1, -0.05) is 66.0 Å². The summed E-state index contributed by atoms with van der Waals surface area (Å²) in [5.41, 5.74) is 3.08. The third-order valence-corrected chi connectivity index (χ3v) is 8.00. The lowest BCUT2D eigenvalue weighted by atomic mass is 10.2. The Hall–Kier alpha value is -3.21. The van der Waals surface area contributed by atoms with Crippen LogP contribution in [0.15, 0.2) is 88.4 Å². The van der Waals surface area contributed by atoms with Crippen molar-refractivity contribution in [2.24, 2.45) is 0 Å². The lowest BCUT2D eigenvalue weighted by molar-refractivity contribution is -0.384. The summed E-state index contributed by atoms with van der Waals surface area (Å²) in [5.74, 6) is 2.12. The average molecular weight is 492 g/mol. The fraction of sp³-hybridized carbons (Fsp3) is 0.0870. The molecule has 7 nitrogen and oxygen atoms in total. The van der Waals surface area contributed by atoms with Crippen LogP contribution in [0, 0.1) is 10.1 Å². The number of hydrogen-bond donors (Lipinski definition) is 0. The minimum absolute atomic E-state index is 0.0883. The molecule has 0 atom stereocenters. The summed E-state index contributed by atoms with van der Waals surface area (Å²) in [6.45, 7) is 0. The van der Waals surface area contributed by atoms with Gasteiger partial charge in [-0.05, 0) is 29.8 Å². The molecule has 0 spiro atoms. The van der Waals surface area contributed by atoms with E-state index in [1.807, 2.05) is 48.5 Å². The number of nitrogens with zero attached hydrogens (tertiary/aromatic N) is 5. The molecule has 2 aromatic heterocycles. The summed E-state index contributed by atoms with van der Waals surface area (Å²) in [6, 6.07) is 24.8. The Morgan fingerprint density at radius 1 is 0.879 bits per heavy atom. The topological polar surface area (TPSA) is 86.7 Å². The molecule has 33 heavy (non-hydrogen) atoms. The Kier molecular flexibility index (Phi) is 6.38. The van der Waals surface area contributed by atoms with Crippen LogP contribution in [0.1, 0.15) is 11.4 Å². The third kappa shape index (κ3) is 4.92. The molecule has 0 aliphatic rings. The van der Waals surface area contributed by atoms with Gasteiger partial charge in [0.2, 0.25) is 0 Å². The number of benzene rings is 3. The molecule has 0 unspecified atom stereocenters. The number of thiazole rings is 1. The van der Waals surface area contributed by atoms with Gasteiger partial charge in [0.05, 0.1) is 20.9 Å². The van der Waals surface area contributed by atoms with Gasteiger partial charge in [0, 0.05) is 23.6 Å². The molecule has 0 amide bonds. The first-order chi connectivity index (χ1) is 16.2. The van der Waals surface area contributed by atoms with E-state index in [0.717, 1.165) is 32.1 Å². The number of hydrogen-bond acceptors (Lipinski definition) is 8. The molecular formula is C23H17N5O2S3. The van der Waals surface area contributed by atoms with E-state index < -0.39 is 4.92 Å². The van der Waals surface area contributed by atoms with Crippen molar-refractivity contribution < 1.29 is 4.92 Å². The maximum Gasteiger partial charge on any atom is 0.269 e. The number of non-ortho nitro benzene ring substituents is 1.